The molecule has 4 heteroatoms. The number of rotatable bonds is 9. The summed E-state index contributed by atoms with van der Waals surface area (Å²) in [6.45, 7) is 2.58. The van der Waals surface area contributed by atoms with Crippen LogP contribution < -0.4 is 11.1 Å². The monoisotopic (exact) mass is 250 g/mol. The fraction of sp³-hybridized carbons (Fsp3) is 0.500. The molecule has 0 saturated heterocycles. The predicted octanol–water partition coefficient (Wildman–Crippen LogP) is 1.69. The molecule has 0 unspecified atom stereocenters. The molecule has 3 N–H and O–H groups in total. The van der Waals surface area contributed by atoms with Gasteiger partial charge in [-0.15, -0.1) is 0 Å². The highest BCUT2D eigenvalue weighted by molar-refractivity contribution is 5.92. The first-order valence-electron chi connectivity index (χ1n) is 6.32. The fourth-order valence-corrected chi connectivity index (χ4v) is 1.74. The highest BCUT2D eigenvalue weighted by Crippen LogP contribution is 2.04. The van der Waals surface area contributed by atoms with Gasteiger partial charge >= 0.3 is 0 Å². The highest BCUT2D eigenvalue weighted by atomic mass is 16.5. The second-order valence-corrected chi connectivity index (χ2v) is 4.29. The van der Waals surface area contributed by atoms with Gasteiger partial charge in [-0.2, -0.15) is 0 Å². The maximum absolute atomic E-state index is 11.0. The Kier molecular flexibility index (Phi) is 7.06. The summed E-state index contributed by atoms with van der Waals surface area (Å²) in [4.78, 5) is 11.0. The Labute approximate surface area is 109 Å². The van der Waals surface area contributed by atoms with E-state index in [9.17, 15) is 4.79 Å². The Morgan fingerprint density at radius 2 is 2.17 bits per heavy atom. The van der Waals surface area contributed by atoms with Gasteiger partial charge in [0.1, 0.15) is 0 Å². The molecule has 0 aliphatic heterocycles. The molecule has 0 saturated carbocycles. The maximum atomic E-state index is 11.0. The zero-order valence-corrected chi connectivity index (χ0v) is 10.9. The van der Waals surface area contributed by atoms with Crippen molar-refractivity contribution >= 4 is 5.91 Å². The van der Waals surface area contributed by atoms with Crippen LogP contribution in [-0.4, -0.2) is 26.2 Å². The topological polar surface area (TPSA) is 64.3 Å². The fourth-order valence-electron chi connectivity index (χ4n) is 1.74. The van der Waals surface area contributed by atoms with Gasteiger partial charge in [0.25, 0.3) is 0 Å². The molecule has 18 heavy (non-hydrogen) atoms. The maximum Gasteiger partial charge on any atom is 0.248 e. The molecular formula is C14H22N2O2. The molecule has 100 valence electrons. The van der Waals surface area contributed by atoms with Crippen LogP contribution in [0.1, 0.15) is 35.2 Å². The Bertz CT molecular complexity index is 367. The van der Waals surface area contributed by atoms with Gasteiger partial charge < -0.3 is 15.8 Å². The summed E-state index contributed by atoms with van der Waals surface area (Å²) in [7, 11) is 1.73. The lowest BCUT2D eigenvalue weighted by molar-refractivity contribution is 0.1000. The molecule has 1 aromatic carbocycles. The number of ether oxygens (including phenoxy) is 1. The summed E-state index contributed by atoms with van der Waals surface area (Å²) in [6.07, 6.45) is 3.41. The molecule has 0 aromatic heterocycles. The number of nitrogens with one attached hydrogen (secondary N) is 1. The molecular weight excluding hydrogens is 228 g/mol. The average Bonchev–Trinajstić information content (AvgIpc) is 2.38. The van der Waals surface area contributed by atoms with Gasteiger partial charge in [-0.05, 0) is 43.5 Å². The van der Waals surface area contributed by atoms with E-state index < -0.39 is 0 Å². The Morgan fingerprint density at radius 1 is 1.33 bits per heavy atom. The zero-order chi connectivity index (χ0) is 13.2. The number of amides is 1. The van der Waals surface area contributed by atoms with Gasteiger partial charge in [0.2, 0.25) is 5.91 Å². The van der Waals surface area contributed by atoms with Crippen molar-refractivity contribution < 1.29 is 9.53 Å². The first-order chi connectivity index (χ1) is 8.74. The molecule has 1 aromatic rings. The number of hydrogen-bond donors (Lipinski definition) is 2. The SMILES string of the molecule is COCCCCCNCc1cccc(C(N)=O)c1. The molecule has 0 fully saturated rings. The van der Waals surface area contributed by atoms with Crippen molar-refractivity contribution in [3.05, 3.63) is 35.4 Å². The van der Waals surface area contributed by atoms with Crippen molar-refractivity contribution in [2.75, 3.05) is 20.3 Å². The van der Waals surface area contributed by atoms with Crippen LogP contribution in [0, 0.1) is 0 Å². The lowest BCUT2D eigenvalue weighted by Crippen LogP contribution is -2.16. The molecule has 0 aliphatic carbocycles. The molecule has 1 rings (SSSR count). The number of benzene rings is 1. The third kappa shape index (κ3) is 5.80. The van der Waals surface area contributed by atoms with E-state index in [4.69, 9.17) is 10.5 Å². The standard InChI is InChI=1S/C14H22N2O2/c1-18-9-4-2-3-8-16-11-12-6-5-7-13(10-12)14(15)17/h5-7,10,16H,2-4,8-9,11H2,1H3,(H2,15,17). The molecule has 4 nitrogen and oxygen atoms in total. The lowest BCUT2D eigenvalue weighted by atomic mass is 10.1. The van der Waals surface area contributed by atoms with Crippen molar-refractivity contribution in [1.29, 1.82) is 0 Å². The number of carbonyl (C=O) groups is 1. The van der Waals surface area contributed by atoms with E-state index in [0.29, 0.717) is 5.56 Å². The van der Waals surface area contributed by atoms with Gasteiger partial charge in [-0.25, -0.2) is 0 Å². The Balaban J connectivity index is 2.19. The molecule has 0 atom stereocenters. The summed E-state index contributed by atoms with van der Waals surface area (Å²) in [5.74, 6) is -0.378. The summed E-state index contributed by atoms with van der Waals surface area (Å²) in [5, 5.41) is 3.35. The number of carbonyl (C=O) groups excluding carboxylic acids is 1. The van der Waals surface area contributed by atoms with Gasteiger partial charge in [-0.1, -0.05) is 12.1 Å². The summed E-state index contributed by atoms with van der Waals surface area (Å²) in [6, 6.07) is 7.41. The van der Waals surface area contributed by atoms with E-state index >= 15 is 0 Å². The van der Waals surface area contributed by atoms with Crippen LogP contribution in [0.5, 0.6) is 0 Å². The lowest BCUT2D eigenvalue weighted by Gasteiger charge is -2.06. The van der Waals surface area contributed by atoms with Crippen LogP contribution >= 0.6 is 0 Å². The second kappa shape index (κ2) is 8.66. The highest BCUT2D eigenvalue weighted by Gasteiger charge is 2.00. The largest absolute Gasteiger partial charge is 0.385 e. The van der Waals surface area contributed by atoms with E-state index in [0.717, 1.165) is 38.1 Å². The van der Waals surface area contributed by atoms with Crippen molar-refractivity contribution in [3.8, 4) is 0 Å². The van der Waals surface area contributed by atoms with Crippen LogP contribution in [0.2, 0.25) is 0 Å². The van der Waals surface area contributed by atoms with Crippen LogP contribution in [0.3, 0.4) is 0 Å². The normalized spacial score (nSPS) is 10.5. The van der Waals surface area contributed by atoms with Crippen LogP contribution in [0.15, 0.2) is 24.3 Å². The minimum Gasteiger partial charge on any atom is -0.385 e. The van der Waals surface area contributed by atoms with E-state index in [1.165, 1.54) is 6.42 Å². The van der Waals surface area contributed by atoms with Crippen molar-refractivity contribution in [2.45, 2.75) is 25.8 Å². The number of primary amides is 1. The summed E-state index contributed by atoms with van der Waals surface area (Å²) < 4.78 is 4.99. The van der Waals surface area contributed by atoms with Crippen LogP contribution in [-0.2, 0) is 11.3 Å². The quantitative estimate of drug-likeness (QED) is 0.656. The van der Waals surface area contributed by atoms with E-state index in [1.54, 1.807) is 13.2 Å². The van der Waals surface area contributed by atoms with Crippen molar-refractivity contribution in [1.82, 2.24) is 5.32 Å². The minimum absolute atomic E-state index is 0.378. The van der Waals surface area contributed by atoms with E-state index in [1.807, 2.05) is 18.2 Å². The molecule has 0 spiro atoms. The number of nitrogens with two attached hydrogens (primary N) is 1. The van der Waals surface area contributed by atoms with Crippen molar-refractivity contribution in [2.24, 2.45) is 5.73 Å². The summed E-state index contributed by atoms with van der Waals surface area (Å²) in [5.41, 5.74) is 6.88. The number of methoxy groups -OCH3 is 1. The second-order valence-electron chi connectivity index (χ2n) is 4.29. The van der Waals surface area contributed by atoms with Gasteiger partial charge in [0.05, 0.1) is 0 Å². The van der Waals surface area contributed by atoms with E-state index in [-0.39, 0.29) is 5.91 Å². The number of hydrogen-bond acceptors (Lipinski definition) is 3. The molecule has 1 amide bonds. The Hall–Kier alpha value is -1.39. The first-order valence-corrected chi connectivity index (χ1v) is 6.32. The molecule has 0 bridgehead atoms. The van der Waals surface area contributed by atoms with Gasteiger partial charge in [-0.3, -0.25) is 4.79 Å². The summed E-state index contributed by atoms with van der Waals surface area (Å²) >= 11 is 0. The number of unbranched alkanes of at least 4 members (excludes halogenated alkanes) is 2. The van der Waals surface area contributed by atoms with Crippen LogP contribution in [0.4, 0.5) is 0 Å². The predicted molar refractivity (Wildman–Crippen MR) is 72.4 cm³/mol. The minimum atomic E-state index is -0.378. The molecule has 0 aliphatic rings. The third-order valence-electron chi connectivity index (χ3n) is 2.74. The van der Waals surface area contributed by atoms with E-state index in [2.05, 4.69) is 5.32 Å². The third-order valence-corrected chi connectivity index (χ3v) is 2.74. The van der Waals surface area contributed by atoms with Gasteiger partial charge in [0, 0.05) is 25.8 Å². The zero-order valence-electron chi connectivity index (χ0n) is 10.9. The Morgan fingerprint density at radius 3 is 2.89 bits per heavy atom. The molecule has 0 radical (unpaired) electrons. The van der Waals surface area contributed by atoms with Crippen LogP contribution in [0.25, 0.3) is 0 Å². The average molecular weight is 250 g/mol. The smallest absolute Gasteiger partial charge is 0.248 e. The molecule has 0 heterocycles. The van der Waals surface area contributed by atoms with Crippen molar-refractivity contribution in [3.63, 3.8) is 0 Å². The first kappa shape index (κ1) is 14.7. The van der Waals surface area contributed by atoms with Gasteiger partial charge in [0.15, 0.2) is 0 Å².